The van der Waals surface area contributed by atoms with Gasteiger partial charge in [-0.05, 0) is 37.8 Å². The van der Waals surface area contributed by atoms with E-state index >= 15 is 0 Å². The zero-order chi connectivity index (χ0) is 15.1. The molecule has 20 heavy (non-hydrogen) atoms. The van der Waals surface area contributed by atoms with Crippen LogP contribution in [0.5, 0.6) is 0 Å². The second kappa shape index (κ2) is 8.28. The molecule has 1 amide bonds. The van der Waals surface area contributed by atoms with Gasteiger partial charge in [-0.3, -0.25) is 10.1 Å². The van der Waals surface area contributed by atoms with Crippen LogP contribution in [-0.4, -0.2) is 18.5 Å². The molecule has 0 bridgehead atoms. The Hall–Kier alpha value is -1.06. The molecular formula is C16H25ClN2O. The van der Waals surface area contributed by atoms with Gasteiger partial charge in [-0.15, -0.1) is 0 Å². The van der Waals surface area contributed by atoms with Gasteiger partial charge in [0.1, 0.15) is 0 Å². The van der Waals surface area contributed by atoms with Gasteiger partial charge in [0.2, 0.25) is 5.91 Å². The standard InChI is InChI=1S/C16H25ClN2O/c1-11(2)9-10-18-16(20)13(4)19-12(3)14-7-5-6-8-15(14)17/h5-8,11-13,19H,9-10H2,1-4H3,(H,18,20). The first-order valence-corrected chi connectivity index (χ1v) is 7.57. The average Bonchev–Trinajstić information content (AvgIpc) is 2.38. The maximum atomic E-state index is 12.0. The summed E-state index contributed by atoms with van der Waals surface area (Å²) in [6, 6.07) is 7.49. The Morgan fingerprint density at radius 2 is 1.85 bits per heavy atom. The lowest BCUT2D eigenvalue weighted by Crippen LogP contribution is -2.43. The zero-order valence-electron chi connectivity index (χ0n) is 12.7. The molecule has 1 rings (SSSR count). The molecule has 112 valence electrons. The van der Waals surface area contributed by atoms with Gasteiger partial charge in [-0.2, -0.15) is 0 Å². The average molecular weight is 297 g/mol. The monoisotopic (exact) mass is 296 g/mol. The minimum absolute atomic E-state index is 0.0320. The summed E-state index contributed by atoms with van der Waals surface area (Å²) in [6.45, 7) is 8.90. The van der Waals surface area contributed by atoms with E-state index in [1.54, 1.807) is 0 Å². The van der Waals surface area contributed by atoms with Crippen LogP contribution in [0.2, 0.25) is 5.02 Å². The summed E-state index contributed by atoms with van der Waals surface area (Å²) in [7, 11) is 0. The largest absolute Gasteiger partial charge is 0.355 e. The molecule has 0 spiro atoms. The highest BCUT2D eigenvalue weighted by Gasteiger charge is 2.17. The van der Waals surface area contributed by atoms with Crippen molar-refractivity contribution in [2.45, 2.75) is 46.2 Å². The molecule has 1 aromatic carbocycles. The van der Waals surface area contributed by atoms with Gasteiger partial charge in [0.15, 0.2) is 0 Å². The fourth-order valence-electron chi connectivity index (χ4n) is 2.00. The number of amides is 1. The van der Waals surface area contributed by atoms with E-state index in [0.29, 0.717) is 5.92 Å². The molecule has 3 nitrogen and oxygen atoms in total. The van der Waals surface area contributed by atoms with E-state index in [-0.39, 0.29) is 18.0 Å². The van der Waals surface area contributed by atoms with E-state index in [1.165, 1.54) is 0 Å². The van der Waals surface area contributed by atoms with Crippen LogP contribution in [0.1, 0.15) is 45.7 Å². The Morgan fingerprint density at radius 3 is 2.45 bits per heavy atom. The Kier molecular flexibility index (Phi) is 7.03. The van der Waals surface area contributed by atoms with E-state index in [9.17, 15) is 4.79 Å². The molecule has 0 saturated heterocycles. The van der Waals surface area contributed by atoms with Crippen LogP contribution in [0.4, 0.5) is 0 Å². The van der Waals surface area contributed by atoms with Crippen molar-refractivity contribution in [3.8, 4) is 0 Å². The lowest BCUT2D eigenvalue weighted by Gasteiger charge is -2.21. The molecule has 0 radical (unpaired) electrons. The number of benzene rings is 1. The van der Waals surface area contributed by atoms with Crippen molar-refractivity contribution in [1.82, 2.24) is 10.6 Å². The van der Waals surface area contributed by atoms with Crippen LogP contribution in [0.25, 0.3) is 0 Å². The fourth-order valence-corrected chi connectivity index (χ4v) is 2.30. The highest BCUT2D eigenvalue weighted by molar-refractivity contribution is 6.31. The summed E-state index contributed by atoms with van der Waals surface area (Å²) in [4.78, 5) is 12.0. The molecule has 0 aromatic heterocycles. The number of halogens is 1. The van der Waals surface area contributed by atoms with Crippen molar-refractivity contribution >= 4 is 17.5 Å². The second-order valence-electron chi connectivity index (χ2n) is 5.61. The molecule has 2 atom stereocenters. The summed E-state index contributed by atoms with van der Waals surface area (Å²) in [5, 5.41) is 6.95. The molecule has 0 heterocycles. The van der Waals surface area contributed by atoms with Crippen LogP contribution in [0, 0.1) is 5.92 Å². The lowest BCUT2D eigenvalue weighted by atomic mass is 10.1. The maximum Gasteiger partial charge on any atom is 0.236 e. The molecule has 2 unspecified atom stereocenters. The topological polar surface area (TPSA) is 41.1 Å². The SMILES string of the molecule is CC(C)CCNC(=O)C(C)NC(C)c1ccccc1Cl. The van der Waals surface area contributed by atoms with E-state index in [2.05, 4.69) is 24.5 Å². The Morgan fingerprint density at radius 1 is 1.20 bits per heavy atom. The highest BCUT2D eigenvalue weighted by Crippen LogP contribution is 2.22. The normalized spacial score (nSPS) is 14.1. The third kappa shape index (κ3) is 5.51. The van der Waals surface area contributed by atoms with Gasteiger partial charge in [-0.25, -0.2) is 0 Å². The number of nitrogens with one attached hydrogen (secondary N) is 2. The van der Waals surface area contributed by atoms with Crippen molar-refractivity contribution < 1.29 is 4.79 Å². The summed E-state index contributed by atoms with van der Waals surface area (Å²) >= 11 is 6.16. The van der Waals surface area contributed by atoms with E-state index < -0.39 is 0 Å². The summed E-state index contributed by atoms with van der Waals surface area (Å²) in [5.41, 5.74) is 1.01. The van der Waals surface area contributed by atoms with Crippen molar-refractivity contribution in [2.75, 3.05) is 6.54 Å². The quantitative estimate of drug-likeness (QED) is 0.808. The number of carbonyl (C=O) groups is 1. The van der Waals surface area contributed by atoms with Gasteiger partial charge in [0.05, 0.1) is 6.04 Å². The van der Waals surface area contributed by atoms with Crippen LogP contribution in [0.3, 0.4) is 0 Å². The molecule has 4 heteroatoms. The van der Waals surface area contributed by atoms with Crippen molar-refractivity contribution in [3.63, 3.8) is 0 Å². The first kappa shape index (κ1) is 17.0. The van der Waals surface area contributed by atoms with Crippen molar-refractivity contribution in [2.24, 2.45) is 5.92 Å². The predicted octanol–water partition coefficient (Wildman–Crippen LogP) is 3.54. The van der Waals surface area contributed by atoms with Crippen LogP contribution in [0.15, 0.2) is 24.3 Å². The van der Waals surface area contributed by atoms with Gasteiger partial charge >= 0.3 is 0 Å². The van der Waals surface area contributed by atoms with Crippen molar-refractivity contribution in [1.29, 1.82) is 0 Å². The summed E-state index contributed by atoms with van der Waals surface area (Å²) in [6.07, 6.45) is 0.999. The van der Waals surface area contributed by atoms with Crippen LogP contribution >= 0.6 is 11.6 Å². The molecule has 0 aliphatic rings. The van der Waals surface area contributed by atoms with Gasteiger partial charge in [-0.1, -0.05) is 43.6 Å². The highest BCUT2D eigenvalue weighted by atomic mass is 35.5. The number of rotatable bonds is 7. The third-order valence-electron chi connectivity index (χ3n) is 3.29. The molecule has 0 aliphatic heterocycles. The van der Waals surface area contributed by atoms with Crippen LogP contribution in [-0.2, 0) is 4.79 Å². The number of hydrogen-bond acceptors (Lipinski definition) is 2. The van der Waals surface area contributed by atoms with Gasteiger partial charge < -0.3 is 5.32 Å². The molecule has 0 aliphatic carbocycles. The minimum atomic E-state index is -0.242. The second-order valence-corrected chi connectivity index (χ2v) is 6.01. The number of carbonyl (C=O) groups excluding carboxylic acids is 1. The Labute approximate surface area is 127 Å². The molecule has 0 fully saturated rings. The summed E-state index contributed by atoms with van der Waals surface area (Å²) in [5.74, 6) is 0.630. The third-order valence-corrected chi connectivity index (χ3v) is 3.63. The minimum Gasteiger partial charge on any atom is -0.355 e. The summed E-state index contributed by atoms with van der Waals surface area (Å²) < 4.78 is 0. The molecule has 2 N–H and O–H groups in total. The predicted molar refractivity (Wildman–Crippen MR) is 84.9 cm³/mol. The van der Waals surface area contributed by atoms with Gasteiger partial charge in [0.25, 0.3) is 0 Å². The first-order valence-electron chi connectivity index (χ1n) is 7.20. The molecular weight excluding hydrogens is 272 g/mol. The Bertz CT molecular complexity index is 434. The fraction of sp³-hybridized carbons (Fsp3) is 0.562. The Balaban J connectivity index is 2.47. The van der Waals surface area contributed by atoms with E-state index in [4.69, 9.17) is 11.6 Å². The van der Waals surface area contributed by atoms with E-state index in [0.717, 1.165) is 23.6 Å². The van der Waals surface area contributed by atoms with E-state index in [1.807, 2.05) is 38.1 Å². The maximum absolute atomic E-state index is 12.0. The smallest absolute Gasteiger partial charge is 0.236 e. The molecule has 0 saturated carbocycles. The number of hydrogen-bond donors (Lipinski definition) is 2. The molecule has 1 aromatic rings. The lowest BCUT2D eigenvalue weighted by molar-refractivity contribution is -0.122. The zero-order valence-corrected chi connectivity index (χ0v) is 13.5. The van der Waals surface area contributed by atoms with Crippen LogP contribution < -0.4 is 10.6 Å². The van der Waals surface area contributed by atoms with Crippen molar-refractivity contribution in [3.05, 3.63) is 34.9 Å². The first-order chi connectivity index (χ1) is 9.41. The van der Waals surface area contributed by atoms with Gasteiger partial charge in [0, 0.05) is 17.6 Å².